The predicted molar refractivity (Wildman–Crippen MR) is 79.6 cm³/mol. The van der Waals surface area contributed by atoms with Crippen molar-refractivity contribution in [1.29, 1.82) is 0 Å². The Kier molecular flexibility index (Phi) is 4.59. The molecule has 0 bridgehead atoms. The molecule has 112 valence electrons. The lowest BCUT2D eigenvalue weighted by Gasteiger charge is -2.23. The highest BCUT2D eigenvalue weighted by Gasteiger charge is 2.31. The van der Waals surface area contributed by atoms with Crippen LogP contribution < -0.4 is 10.2 Å². The van der Waals surface area contributed by atoms with Crippen LogP contribution in [-0.4, -0.2) is 49.5 Å². The van der Waals surface area contributed by atoms with Gasteiger partial charge in [-0.05, 0) is 19.9 Å². The lowest BCUT2D eigenvalue weighted by Crippen LogP contribution is -2.34. The van der Waals surface area contributed by atoms with E-state index in [-0.39, 0.29) is 17.5 Å². The van der Waals surface area contributed by atoms with Crippen LogP contribution in [0.1, 0.15) is 24.6 Å². The molecule has 1 saturated heterocycles. The second-order valence-electron chi connectivity index (χ2n) is 5.23. The molecule has 2 heterocycles. The van der Waals surface area contributed by atoms with Crippen LogP contribution in [0.5, 0.6) is 0 Å². The van der Waals surface area contributed by atoms with E-state index in [9.17, 15) is 8.42 Å². The summed E-state index contributed by atoms with van der Waals surface area (Å²) >= 11 is 0. The smallest absolute Gasteiger partial charge is 0.225 e. The van der Waals surface area contributed by atoms with Crippen LogP contribution in [0, 0.1) is 6.92 Å². The first-order chi connectivity index (χ1) is 9.43. The van der Waals surface area contributed by atoms with E-state index in [0.29, 0.717) is 12.4 Å². The highest BCUT2D eigenvalue weighted by molar-refractivity contribution is 7.91. The number of nitrogens with one attached hydrogen (secondary N) is 1. The molecule has 0 spiro atoms. The van der Waals surface area contributed by atoms with Crippen LogP contribution >= 0.6 is 0 Å². The van der Waals surface area contributed by atoms with E-state index in [1.165, 1.54) is 0 Å². The summed E-state index contributed by atoms with van der Waals surface area (Å²) in [4.78, 5) is 10.7. The molecule has 7 heteroatoms. The Balaban J connectivity index is 2.11. The third-order valence-corrected chi connectivity index (χ3v) is 5.46. The van der Waals surface area contributed by atoms with Gasteiger partial charge in [-0.25, -0.2) is 18.4 Å². The van der Waals surface area contributed by atoms with E-state index >= 15 is 0 Å². The molecule has 2 rings (SSSR count). The van der Waals surface area contributed by atoms with Gasteiger partial charge in [0, 0.05) is 37.1 Å². The van der Waals surface area contributed by atoms with Gasteiger partial charge in [0.2, 0.25) is 5.95 Å². The molecule has 1 atom stereocenters. The van der Waals surface area contributed by atoms with Crippen LogP contribution in [0.3, 0.4) is 0 Å². The van der Waals surface area contributed by atoms with Crippen molar-refractivity contribution < 1.29 is 8.42 Å². The van der Waals surface area contributed by atoms with Crippen LogP contribution in [0.2, 0.25) is 0 Å². The molecule has 1 N–H and O–H groups in total. The summed E-state index contributed by atoms with van der Waals surface area (Å²) < 4.78 is 23.1. The molecule has 1 aliphatic rings. The lowest BCUT2D eigenvalue weighted by molar-refractivity contribution is 0.600. The molecular weight excluding hydrogens is 276 g/mol. The second kappa shape index (κ2) is 6.05. The Morgan fingerprint density at radius 2 is 2.25 bits per heavy atom. The summed E-state index contributed by atoms with van der Waals surface area (Å²) in [6.07, 6.45) is 2.47. The van der Waals surface area contributed by atoms with Gasteiger partial charge in [0.05, 0.1) is 11.5 Å². The third-order valence-electron chi connectivity index (χ3n) is 3.71. The summed E-state index contributed by atoms with van der Waals surface area (Å²) in [6, 6.07) is -0.0148. The van der Waals surface area contributed by atoms with Gasteiger partial charge in [-0.3, -0.25) is 0 Å². The average Bonchev–Trinajstić information content (AvgIpc) is 2.77. The van der Waals surface area contributed by atoms with Crippen LogP contribution in [-0.2, 0) is 16.4 Å². The highest BCUT2D eigenvalue weighted by atomic mass is 32.2. The Labute approximate surface area is 120 Å². The Bertz CT molecular complexity index is 574. The van der Waals surface area contributed by atoms with Gasteiger partial charge in [-0.2, -0.15) is 0 Å². The van der Waals surface area contributed by atoms with Gasteiger partial charge in [0.1, 0.15) is 0 Å². The maximum absolute atomic E-state index is 11.5. The normalized spacial score (nSPS) is 21.1. The van der Waals surface area contributed by atoms with Crippen molar-refractivity contribution in [3.8, 4) is 0 Å². The minimum Gasteiger partial charge on any atom is -0.340 e. The number of aryl methyl sites for hydroxylation is 1. The summed E-state index contributed by atoms with van der Waals surface area (Å²) in [6.45, 7) is 5.67. The van der Waals surface area contributed by atoms with Gasteiger partial charge in [-0.1, -0.05) is 6.92 Å². The van der Waals surface area contributed by atoms with Crippen molar-refractivity contribution in [2.75, 3.05) is 30.0 Å². The van der Waals surface area contributed by atoms with Gasteiger partial charge < -0.3 is 10.2 Å². The Morgan fingerprint density at radius 3 is 2.80 bits per heavy atom. The van der Waals surface area contributed by atoms with Crippen molar-refractivity contribution in [2.45, 2.75) is 32.9 Å². The fourth-order valence-corrected chi connectivity index (χ4v) is 4.10. The fourth-order valence-electron chi connectivity index (χ4n) is 2.33. The number of sulfone groups is 1. The zero-order valence-electron chi connectivity index (χ0n) is 12.3. The number of hydrogen-bond donors (Lipinski definition) is 1. The lowest BCUT2D eigenvalue weighted by atomic mass is 10.2. The van der Waals surface area contributed by atoms with Crippen molar-refractivity contribution in [2.24, 2.45) is 0 Å². The summed E-state index contributed by atoms with van der Waals surface area (Å²) in [5.41, 5.74) is 2.01. The molecule has 0 aromatic carbocycles. The van der Waals surface area contributed by atoms with Crippen LogP contribution in [0.4, 0.5) is 5.95 Å². The minimum absolute atomic E-state index is 0.0148. The molecule has 1 fully saturated rings. The predicted octanol–water partition coefficient (Wildman–Crippen LogP) is 0.518. The average molecular weight is 298 g/mol. The second-order valence-corrected chi connectivity index (χ2v) is 7.46. The molecule has 20 heavy (non-hydrogen) atoms. The van der Waals surface area contributed by atoms with Gasteiger partial charge in [-0.15, -0.1) is 0 Å². The van der Waals surface area contributed by atoms with E-state index in [2.05, 4.69) is 22.2 Å². The quantitative estimate of drug-likeness (QED) is 0.854. The van der Waals surface area contributed by atoms with Crippen molar-refractivity contribution in [3.05, 3.63) is 17.5 Å². The summed E-state index contributed by atoms with van der Waals surface area (Å²) in [5.74, 6) is 1.06. The molecule has 0 aliphatic carbocycles. The number of anilines is 1. The van der Waals surface area contributed by atoms with Crippen molar-refractivity contribution in [1.82, 2.24) is 15.3 Å². The SMILES string of the molecule is CCNCc1cnc(N(C)C2CCS(=O)(=O)C2)nc1C. The molecule has 1 aromatic rings. The van der Waals surface area contributed by atoms with E-state index in [1.54, 1.807) is 0 Å². The summed E-state index contributed by atoms with van der Waals surface area (Å²) in [7, 11) is -1.02. The first-order valence-corrected chi connectivity index (χ1v) is 8.71. The molecule has 0 radical (unpaired) electrons. The molecule has 1 aromatic heterocycles. The number of rotatable bonds is 5. The zero-order chi connectivity index (χ0) is 14.8. The third kappa shape index (κ3) is 3.46. The Morgan fingerprint density at radius 1 is 1.50 bits per heavy atom. The maximum Gasteiger partial charge on any atom is 0.225 e. The van der Waals surface area contributed by atoms with Gasteiger partial charge in [0.25, 0.3) is 0 Å². The molecule has 0 saturated carbocycles. The van der Waals surface area contributed by atoms with E-state index in [1.807, 2.05) is 25.1 Å². The molecule has 6 nitrogen and oxygen atoms in total. The Hall–Kier alpha value is -1.21. The summed E-state index contributed by atoms with van der Waals surface area (Å²) in [5, 5.41) is 3.25. The van der Waals surface area contributed by atoms with Gasteiger partial charge >= 0.3 is 0 Å². The van der Waals surface area contributed by atoms with Crippen molar-refractivity contribution in [3.63, 3.8) is 0 Å². The van der Waals surface area contributed by atoms with Crippen molar-refractivity contribution >= 4 is 15.8 Å². The van der Waals surface area contributed by atoms with Gasteiger partial charge in [0.15, 0.2) is 9.84 Å². The zero-order valence-corrected chi connectivity index (χ0v) is 13.1. The first-order valence-electron chi connectivity index (χ1n) is 6.89. The highest BCUT2D eigenvalue weighted by Crippen LogP contribution is 2.20. The number of hydrogen-bond acceptors (Lipinski definition) is 6. The first kappa shape index (κ1) is 15.2. The van der Waals surface area contributed by atoms with E-state index in [4.69, 9.17) is 0 Å². The van der Waals surface area contributed by atoms with Crippen LogP contribution in [0.15, 0.2) is 6.20 Å². The number of nitrogens with zero attached hydrogens (tertiary/aromatic N) is 3. The van der Waals surface area contributed by atoms with E-state index < -0.39 is 9.84 Å². The molecular formula is C13H22N4O2S. The minimum atomic E-state index is -2.89. The number of aromatic nitrogens is 2. The topological polar surface area (TPSA) is 75.2 Å². The molecule has 0 amide bonds. The largest absolute Gasteiger partial charge is 0.340 e. The standard InChI is InChI=1S/C13H22N4O2S/c1-4-14-7-11-8-15-13(16-10(11)2)17(3)12-5-6-20(18,19)9-12/h8,12,14H,4-7,9H2,1-3H3. The van der Waals surface area contributed by atoms with E-state index in [0.717, 1.165) is 24.3 Å². The van der Waals surface area contributed by atoms with Crippen LogP contribution in [0.25, 0.3) is 0 Å². The maximum atomic E-state index is 11.5. The fraction of sp³-hybridized carbons (Fsp3) is 0.692. The monoisotopic (exact) mass is 298 g/mol. The molecule has 1 unspecified atom stereocenters. The molecule has 1 aliphatic heterocycles.